The first kappa shape index (κ1) is 24.7. The van der Waals surface area contributed by atoms with Gasteiger partial charge in [0.2, 0.25) is 0 Å². The van der Waals surface area contributed by atoms with Crippen molar-refractivity contribution in [1.82, 2.24) is 10.6 Å². The van der Waals surface area contributed by atoms with E-state index in [1.807, 2.05) is 13.8 Å². The molecule has 0 aromatic heterocycles. The normalized spacial score (nSPS) is 11.1. The van der Waals surface area contributed by atoms with Crippen molar-refractivity contribution in [2.75, 3.05) is 39.5 Å². The van der Waals surface area contributed by atoms with Gasteiger partial charge in [0, 0.05) is 39.3 Å². The second kappa shape index (κ2) is 17.8. The van der Waals surface area contributed by atoms with E-state index in [1.54, 1.807) is 0 Å². The maximum atomic E-state index is 11.2. The van der Waals surface area contributed by atoms with Crippen LogP contribution < -0.4 is 10.6 Å². The molecular weight excluding hydrogens is 409 g/mol. The van der Waals surface area contributed by atoms with Gasteiger partial charge in [0.1, 0.15) is 0 Å². The van der Waals surface area contributed by atoms with E-state index >= 15 is 0 Å². The predicted octanol–water partition coefficient (Wildman–Crippen LogP) is 2.57. The molecule has 2 N–H and O–H groups in total. The van der Waals surface area contributed by atoms with Crippen LogP contribution in [0.2, 0.25) is 0 Å². The highest BCUT2D eigenvalue weighted by atomic mass is 127. The van der Waals surface area contributed by atoms with Crippen LogP contribution in [-0.4, -0.2) is 51.4 Å². The smallest absolute Gasteiger partial charge is 0.305 e. The van der Waals surface area contributed by atoms with E-state index in [4.69, 9.17) is 9.47 Å². The number of carbonyl (C=O) groups excluding carboxylic acids is 1. The van der Waals surface area contributed by atoms with Crippen LogP contribution >= 0.6 is 24.0 Å². The minimum Gasteiger partial charge on any atom is -0.466 e. The number of guanidine groups is 1. The molecule has 0 amide bonds. The molecule has 0 bridgehead atoms. The van der Waals surface area contributed by atoms with Crippen LogP contribution in [0.3, 0.4) is 0 Å². The first-order valence-corrected chi connectivity index (χ1v) is 8.35. The summed E-state index contributed by atoms with van der Waals surface area (Å²) in [4.78, 5) is 15.7. The molecule has 0 aromatic rings. The summed E-state index contributed by atoms with van der Waals surface area (Å²) in [5, 5.41) is 6.45. The number of hydrogen-bond donors (Lipinski definition) is 2. The van der Waals surface area contributed by atoms with Crippen molar-refractivity contribution in [1.29, 1.82) is 0 Å². The van der Waals surface area contributed by atoms with Crippen LogP contribution in [0.25, 0.3) is 0 Å². The summed E-state index contributed by atoms with van der Waals surface area (Å²) in [7, 11) is 0. The Morgan fingerprint density at radius 3 is 2.52 bits per heavy atom. The molecule has 0 aliphatic heterocycles. The first-order valence-electron chi connectivity index (χ1n) is 8.35. The zero-order chi connectivity index (χ0) is 16.6. The number of nitrogens with one attached hydrogen (secondary N) is 2. The Kier molecular flexibility index (Phi) is 19.1. The summed E-state index contributed by atoms with van der Waals surface area (Å²) in [5.41, 5.74) is 0. The van der Waals surface area contributed by atoms with Crippen LogP contribution in [-0.2, 0) is 14.3 Å². The summed E-state index contributed by atoms with van der Waals surface area (Å²) in [6.07, 6.45) is 2.06. The van der Waals surface area contributed by atoms with E-state index in [1.165, 1.54) is 0 Å². The van der Waals surface area contributed by atoms with Gasteiger partial charge in [-0.3, -0.25) is 9.79 Å². The van der Waals surface area contributed by atoms with Crippen molar-refractivity contribution < 1.29 is 14.3 Å². The third-order valence-corrected chi connectivity index (χ3v) is 2.67. The Bertz CT molecular complexity index is 313. The molecule has 0 aliphatic rings. The molecule has 0 rings (SSSR count). The lowest BCUT2D eigenvalue weighted by atomic mass is 10.2. The molecule has 138 valence electrons. The highest BCUT2D eigenvalue weighted by Gasteiger charge is 2.01. The monoisotopic (exact) mass is 443 g/mol. The van der Waals surface area contributed by atoms with Crippen LogP contribution in [0.1, 0.15) is 47.0 Å². The summed E-state index contributed by atoms with van der Waals surface area (Å²) >= 11 is 0. The van der Waals surface area contributed by atoms with Crippen molar-refractivity contribution in [2.45, 2.75) is 47.0 Å². The number of ether oxygens (including phenoxy) is 2. The lowest BCUT2D eigenvalue weighted by Crippen LogP contribution is -2.38. The molecule has 0 unspecified atom stereocenters. The Labute approximate surface area is 158 Å². The minimum absolute atomic E-state index is 0. The third kappa shape index (κ3) is 17.6. The molecular formula is C16H34IN3O3. The Morgan fingerprint density at radius 1 is 1.17 bits per heavy atom. The molecule has 0 atom stereocenters. The van der Waals surface area contributed by atoms with Gasteiger partial charge in [-0.15, -0.1) is 24.0 Å². The molecule has 7 heteroatoms. The standard InChI is InChI=1S/C16H33N3O3.HI/c1-5-17-16(18-10-7-9-15(20)22-6-2)19-11-8-12-21-13-14(3)4;/h14H,5-13H2,1-4H3,(H2,17,18,19);1H. The fourth-order valence-corrected chi connectivity index (χ4v) is 1.69. The van der Waals surface area contributed by atoms with Gasteiger partial charge in [-0.25, -0.2) is 0 Å². The van der Waals surface area contributed by atoms with Gasteiger partial charge in [-0.1, -0.05) is 13.8 Å². The maximum Gasteiger partial charge on any atom is 0.305 e. The largest absolute Gasteiger partial charge is 0.466 e. The summed E-state index contributed by atoms with van der Waals surface area (Å²) < 4.78 is 10.4. The van der Waals surface area contributed by atoms with E-state index in [2.05, 4.69) is 29.5 Å². The average molecular weight is 443 g/mol. The summed E-state index contributed by atoms with van der Waals surface area (Å²) in [6.45, 7) is 12.4. The quantitative estimate of drug-likeness (QED) is 0.160. The molecule has 0 fully saturated rings. The summed E-state index contributed by atoms with van der Waals surface area (Å²) in [6, 6.07) is 0. The number of aliphatic imine (C=N–C) groups is 1. The van der Waals surface area contributed by atoms with Gasteiger partial charge in [0.25, 0.3) is 0 Å². The average Bonchev–Trinajstić information content (AvgIpc) is 2.47. The van der Waals surface area contributed by atoms with Gasteiger partial charge in [0.15, 0.2) is 5.96 Å². The molecule has 0 aliphatic carbocycles. The maximum absolute atomic E-state index is 11.2. The van der Waals surface area contributed by atoms with Gasteiger partial charge >= 0.3 is 5.97 Å². The van der Waals surface area contributed by atoms with Crippen molar-refractivity contribution in [2.24, 2.45) is 10.9 Å². The van der Waals surface area contributed by atoms with E-state index in [0.717, 1.165) is 38.7 Å². The van der Waals surface area contributed by atoms with Gasteiger partial charge < -0.3 is 20.1 Å². The van der Waals surface area contributed by atoms with Crippen LogP contribution in [0.5, 0.6) is 0 Å². The highest BCUT2D eigenvalue weighted by molar-refractivity contribution is 14.0. The fraction of sp³-hybridized carbons (Fsp3) is 0.875. The number of rotatable bonds is 12. The van der Waals surface area contributed by atoms with Crippen molar-refractivity contribution in [3.8, 4) is 0 Å². The zero-order valence-electron chi connectivity index (χ0n) is 15.0. The first-order chi connectivity index (χ1) is 10.6. The molecule has 23 heavy (non-hydrogen) atoms. The van der Waals surface area contributed by atoms with Crippen LogP contribution in [0, 0.1) is 5.92 Å². The lowest BCUT2D eigenvalue weighted by molar-refractivity contribution is -0.143. The minimum atomic E-state index is -0.155. The van der Waals surface area contributed by atoms with E-state index in [9.17, 15) is 4.79 Å². The van der Waals surface area contributed by atoms with E-state index < -0.39 is 0 Å². The number of carbonyl (C=O) groups is 1. The van der Waals surface area contributed by atoms with Gasteiger partial charge in [0.05, 0.1) is 6.61 Å². The van der Waals surface area contributed by atoms with Gasteiger partial charge in [-0.05, 0) is 32.6 Å². The van der Waals surface area contributed by atoms with Crippen molar-refractivity contribution in [3.05, 3.63) is 0 Å². The highest BCUT2D eigenvalue weighted by Crippen LogP contribution is 1.94. The Morgan fingerprint density at radius 2 is 1.91 bits per heavy atom. The second-order valence-electron chi connectivity index (χ2n) is 5.42. The van der Waals surface area contributed by atoms with Gasteiger partial charge in [-0.2, -0.15) is 0 Å². The molecule has 6 nitrogen and oxygen atoms in total. The lowest BCUT2D eigenvalue weighted by Gasteiger charge is -2.11. The van der Waals surface area contributed by atoms with Crippen LogP contribution in [0.4, 0.5) is 0 Å². The molecule has 0 saturated carbocycles. The van der Waals surface area contributed by atoms with E-state index in [0.29, 0.717) is 31.9 Å². The molecule has 0 radical (unpaired) electrons. The number of hydrogen-bond acceptors (Lipinski definition) is 4. The predicted molar refractivity (Wildman–Crippen MR) is 106 cm³/mol. The molecule has 0 aromatic carbocycles. The number of esters is 1. The number of nitrogens with zero attached hydrogens (tertiary/aromatic N) is 1. The summed E-state index contributed by atoms with van der Waals surface area (Å²) in [5.74, 6) is 1.21. The second-order valence-corrected chi connectivity index (χ2v) is 5.42. The van der Waals surface area contributed by atoms with E-state index in [-0.39, 0.29) is 29.9 Å². The molecule has 0 heterocycles. The third-order valence-electron chi connectivity index (χ3n) is 2.67. The molecule has 0 saturated heterocycles. The van der Waals surface area contributed by atoms with Crippen molar-refractivity contribution >= 4 is 35.9 Å². The van der Waals surface area contributed by atoms with Crippen LogP contribution in [0.15, 0.2) is 4.99 Å². The Balaban J connectivity index is 0. The Hall–Kier alpha value is -0.570. The zero-order valence-corrected chi connectivity index (χ0v) is 17.4. The molecule has 0 spiro atoms. The van der Waals surface area contributed by atoms with Crippen molar-refractivity contribution in [3.63, 3.8) is 0 Å². The topological polar surface area (TPSA) is 72.0 Å². The SMILES string of the molecule is CCNC(=NCCCC(=O)OCC)NCCCOCC(C)C.I. The number of halogens is 1. The fourth-order valence-electron chi connectivity index (χ4n) is 1.69.